The summed E-state index contributed by atoms with van der Waals surface area (Å²) in [4.78, 5) is 10.9. The standard InChI is InChI=1S/C24H35NO.C12H19N3.C3H8.C2H6/c1-3-22(16-18-25-20-24-12-8-5-9-13-24)15-14-21(2)26-19-17-23-10-6-4-7-11-23;1-6-7-8-11-9(2)13-10(3)14-12(11)15(4)5;1-3-2;1-2/h3-4,6-7,10-11,14-15,24-25H,1,5,8-9,12-13,16-20H2,2H3;6-9H,1-5H3;3H2,1-2H3;1-2H3/b21-14+,22-15+;7-6-,11-8+;;. The van der Waals surface area contributed by atoms with E-state index >= 15 is 0 Å². The molecule has 1 aliphatic heterocycles. The van der Waals surface area contributed by atoms with Crippen LogP contribution in [-0.4, -0.2) is 56.4 Å². The average Bonchev–Trinajstić information content (AvgIpc) is 3.06. The first-order valence-corrected chi connectivity index (χ1v) is 17.8. The van der Waals surface area contributed by atoms with Gasteiger partial charge in [-0.05, 0) is 83.2 Å². The molecule has 0 aromatic heterocycles. The zero-order valence-electron chi connectivity index (χ0n) is 31.2. The molecule has 0 radical (unpaired) electrons. The molecule has 46 heavy (non-hydrogen) atoms. The van der Waals surface area contributed by atoms with Crippen LogP contribution in [0.3, 0.4) is 0 Å². The Bertz CT molecular complexity index is 1100. The van der Waals surface area contributed by atoms with Gasteiger partial charge in [-0.2, -0.15) is 0 Å². The minimum Gasteiger partial charge on any atom is -0.498 e. The molecule has 1 aliphatic carbocycles. The second kappa shape index (κ2) is 28.1. The smallest absolute Gasteiger partial charge is 0.135 e. The molecule has 5 heteroatoms. The van der Waals surface area contributed by atoms with Gasteiger partial charge in [0, 0.05) is 26.1 Å². The lowest BCUT2D eigenvalue weighted by Crippen LogP contribution is -2.31. The summed E-state index contributed by atoms with van der Waals surface area (Å²) in [6.07, 6.45) is 22.5. The molecule has 0 bridgehead atoms. The van der Waals surface area contributed by atoms with Crippen molar-refractivity contribution < 1.29 is 4.74 Å². The zero-order chi connectivity index (χ0) is 34.6. The molecule has 2 aliphatic rings. The predicted molar refractivity (Wildman–Crippen MR) is 206 cm³/mol. The second-order valence-corrected chi connectivity index (χ2v) is 11.8. The van der Waals surface area contributed by atoms with E-state index in [0.717, 1.165) is 42.7 Å². The lowest BCUT2D eigenvalue weighted by Gasteiger charge is -2.24. The quantitative estimate of drug-likeness (QED) is 0.142. The normalized spacial score (nSPS) is 17.8. The number of nitrogens with one attached hydrogen (secondary N) is 1. The molecule has 0 saturated heterocycles. The molecule has 1 aromatic rings. The SMILES string of the molecule is C/C=C\C=C1\C(N(C)C)=NC(C)=NC1C.C=C/C(=C\C=C(/C)OCCc1ccccc1)CCNCC1CCCCC1.CC.CCC. The van der Waals surface area contributed by atoms with E-state index < -0.39 is 0 Å². The summed E-state index contributed by atoms with van der Waals surface area (Å²) in [6.45, 7) is 23.2. The number of hydrogen-bond acceptors (Lipinski definition) is 5. The molecule has 0 amide bonds. The molecule has 1 saturated carbocycles. The number of allylic oxidation sites excluding steroid dienone is 7. The molecule has 258 valence electrons. The lowest BCUT2D eigenvalue weighted by molar-refractivity contribution is 0.218. The Morgan fingerprint density at radius 1 is 1.07 bits per heavy atom. The Morgan fingerprint density at radius 2 is 1.72 bits per heavy atom. The summed E-state index contributed by atoms with van der Waals surface area (Å²) < 4.78 is 5.81. The first-order valence-electron chi connectivity index (χ1n) is 17.8. The minimum absolute atomic E-state index is 0.191. The van der Waals surface area contributed by atoms with E-state index in [0.29, 0.717) is 6.61 Å². The largest absolute Gasteiger partial charge is 0.498 e. The monoisotopic (exact) mass is 633 g/mol. The topological polar surface area (TPSA) is 49.2 Å². The van der Waals surface area contributed by atoms with Gasteiger partial charge in [0.2, 0.25) is 0 Å². The van der Waals surface area contributed by atoms with Crippen molar-refractivity contribution in [1.82, 2.24) is 10.2 Å². The van der Waals surface area contributed by atoms with E-state index in [1.54, 1.807) is 0 Å². The van der Waals surface area contributed by atoms with Gasteiger partial charge in [-0.1, -0.05) is 121 Å². The fourth-order valence-electron chi connectivity index (χ4n) is 4.99. The van der Waals surface area contributed by atoms with Crippen LogP contribution in [0, 0.1) is 5.92 Å². The van der Waals surface area contributed by atoms with Gasteiger partial charge in [0.25, 0.3) is 0 Å². The van der Waals surface area contributed by atoms with Crippen molar-refractivity contribution in [3.05, 3.63) is 95.8 Å². The third-order valence-electron chi connectivity index (χ3n) is 7.35. The van der Waals surface area contributed by atoms with Crippen LogP contribution in [0.15, 0.2) is 100 Å². The molecule has 0 spiro atoms. The van der Waals surface area contributed by atoms with Crippen LogP contribution in [0.2, 0.25) is 0 Å². The zero-order valence-corrected chi connectivity index (χ0v) is 31.2. The number of aliphatic imine (C=N–C) groups is 2. The molecule has 1 heterocycles. The van der Waals surface area contributed by atoms with Gasteiger partial charge in [0.15, 0.2) is 0 Å². The summed E-state index contributed by atoms with van der Waals surface area (Å²) in [5.74, 6) is 3.70. The predicted octanol–water partition coefficient (Wildman–Crippen LogP) is 10.5. The number of amidine groups is 2. The third kappa shape index (κ3) is 20.0. The Morgan fingerprint density at radius 3 is 2.30 bits per heavy atom. The highest BCUT2D eigenvalue weighted by Gasteiger charge is 2.19. The van der Waals surface area contributed by atoms with Crippen LogP contribution in [0.1, 0.15) is 106 Å². The fraction of sp³-hybridized carbons (Fsp3) is 0.561. The Labute approximate surface area is 284 Å². The molecule has 1 N–H and O–H groups in total. The molecular weight excluding hydrogens is 564 g/mol. The lowest BCUT2D eigenvalue weighted by atomic mass is 9.89. The van der Waals surface area contributed by atoms with Gasteiger partial charge in [-0.3, -0.25) is 4.99 Å². The van der Waals surface area contributed by atoms with E-state index in [9.17, 15) is 0 Å². The number of nitrogens with zero attached hydrogens (tertiary/aromatic N) is 3. The van der Waals surface area contributed by atoms with Crippen molar-refractivity contribution in [2.24, 2.45) is 15.9 Å². The molecule has 1 fully saturated rings. The molecule has 1 unspecified atom stereocenters. The second-order valence-electron chi connectivity index (χ2n) is 11.8. The van der Waals surface area contributed by atoms with Crippen LogP contribution in [0.4, 0.5) is 0 Å². The van der Waals surface area contributed by atoms with Gasteiger partial charge in [0.1, 0.15) is 11.7 Å². The van der Waals surface area contributed by atoms with Crippen molar-refractivity contribution in [3.8, 4) is 0 Å². The molecule has 5 nitrogen and oxygen atoms in total. The maximum Gasteiger partial charge on any atom is 0.135 e. The molecular formula is C41H68N4O. The molecule has 3 rings (SSSR count). The van der Waals surface area contributed by atoms with E-state index in [1.807, 2.05) is 77.9 Å². The summed E-state index contributed by atoms with van der Waals surface area (Å²) in [5, 5.41) is 3.62. The Kier molecular flexibility index (Phi) is 26.1. The van der Waals surface area contributed by atoms with Gasteiger partial charge in [-0.15, -0.1) is 0 Å². The van der Waals surface area contributed by atoms with Crippen molar-refractivity contribution in [2.45, 2.75) is 113 Å². The average molecular weight is 633 g/mol. The Hall–Kier alpha value is -3.18. The fourth-order valence-corrected chi connectivity index (χ4v) is 4.99. The van der Waals surface area contributed by atoms with Crippen LogP contribution in [0.5, 0.6) is 0 Å². The highest BCUT2D eigenvalue weighted by molar-refractivity contribution is 6.08. The third-order valence-corrected chi connectivity index (χ3v) is 7.35. The van der Waals surface area contributed by atoms with Crippen molar-refractivity contribution in [1.29, 1.82) is 0 Å². The van der Waals surface area contributed by atoms with Gasteiger partial charge < -0.3 is 15.0 Å². The highest BCUT2D eigenvalue weighted by atomic mass is 16.5. The summed E-state index contributed by atoms with van der Waals surface area (Å²) in [7, 11) is 4.02. The van der Waals surface area contributed by atoms with Crippen molar-refractivity contribution in [3.63, 3.8) is 0 Å². The van der Waals surface area contributed by atoms with Gasteiger partial charge in [-0.25, -0.2) is 4.99 Å². The van der Waals surface area contributed by atoms with Crippen molar-refractivity contribution in [2.75, 3.05) is 33.8 Å². The summed E-state index contributed by atoms with van der Waals surface area (Å²) >= 11 is 0. The van der Waals surface area contributed by atoms with Crippen LogP contribution in [-0.2, 0) is 11.2 Å². The molecule has 1 aromatic carbocycles. The maximum atomic E-state index is 5.81. The van der Waals surface area contributed by atoms with Gasteiger partial charge >= 0.3 is 0 Å². The summed E-state index contributed by atoms with van der Waals surface area (Å²) in [6, 6.07) is 10.6. The van der Waals surface area contributed by atoms with E-state index in [4.69, 9.17) is 4.74 Å². The first-order chi connectivity index (χ1) is 22.2. The van der Waals surface area contributed by atoms with E-state index in [2.05, 4.69) is 85.1 Å². The molecule has 1 atom stereocenters. The number of ether oxygens (including phenoxy) is 1. The van der Waals surface area contributed by atoms with Gasteiger partial charge in [0.05, 0.1) is 18.4 Å². The van der Waals surface area contributed by atoms with Crippen molar-refractivity contribution >= 4 is 11.7 Å². The Balaban J connectivity index is 0.000000856. The van der Waals surface area contributed by atoms with E-state index in [1.165, 1.54) is 61.8 Å². The van der Waals surface area contributed by atoms with Crippen LogP contribution in [0.25, 0.3) is 0 Å². The number of benzene rings is 1. The van der Waals surface area contributed by atoms with Crippen LogP contribution >= 0.6 is 0 Å². The van der Waals surface area contributed by atoms with E-state index in [-0.39, 0.29) is 6.04 Å². The number of hydrogen-bond donors (Lipinski definition) is 1. The van der Waals surface area contributed by atoms with Crippen LogP contribution < -0.4 is 5.32 Å². The summed E-state index contributed by atoms with van der Waals surface area (Å²) in [5.41, 5.74) is 3.74. The minimum atomic E-state index is 0.191. The number of likely N-dealkylation sites (N-methyl/N-ethyl adjacent to an activating group) is 1. The highest BCUT2D eigenvalue weighted by Crippen LogP contribution is 2.22. The first kappa shape index (κ1) is 42.8. The maximum absolute atomic E-state index is 5.81. The number of rotatable bonds is 12.